The molecule has 2 fully saturated rings. The molecule has 0 aromatic rings. The molecule has 2 saturated heterocycles. The zero-order chi connectivity index (χ0) is 12.6. The van der Waals surface area contributed by atoms with E-state index in [0.29, 0.717) is 13.0 Å². The molecule has 3 nitrogen and oxygen atoms in total. The van der Waals surface area contributed by atoms with E-state index in [1.807, 2.05) is 21.6 Å². The molecule has 1 N–H and O–H groups in total. The molecular weight excluding hydrogens is 266 g/mol. The van der Waals surface area contributed by atoms with Gasteiger partial charge in [0.25, 0.3) is 0 Å². The summed E-state index contributed by atoms with van der Waals surface area (Å²) < 4.78 is 5.48. The molecular formula is C13H23NO2S2. The molecule has 0 spiro atoms. The summed E-state index contributed by atoms with van der Waals surface area (Å²) in [7, 11) is 4.02. The first-order chi connectivity index (χ1) is 8.84. The zero-order valence-electron chi connectivity index (χ0n) is 10.9. The van der Waals surface area contributed by atoms with Crippen LogP contribution >= 0.6 is 21.6 Å². The van der Waals surface area contributed by atoms with E-state index < -0.39 is 0 Å². The smallest absolute Gasteiger partial charge is 0.220 e. The maximum Gasteiger partial charge on any atom is 0.220 e. The number of rotatable bonds is 7. The average Bonchev–Trinajstić information content (AvgIpc) is 3.04. The van der Waals surface area contributed by atoms with Gasteiger partial charge in [-0.05, 0) is 32.1 Å². The fourth-order valence-electron chi connectivity index (χ4n) is 2.34. The van der Waals surface area contributed by atoms with E-state index in [0.717, 1.165) is 31.1 Å². The van der Waals surface area contributed by atoms with Crippen molar-refractivity contribution in [1.82, 2.24) is 5.32 Å². The molecule has 0 aromatic carbocycles. The maximum atomic E-state index is 11.6. The Bertz CT molecular complexity index is 251. The summed E-state index contributed by atoms with van der Waals surface area (Å²) in [5.74, 6) is 1.50. The molecule has 2 aliphatic heterocycles. The highest BCUT2D eigenvalue weighted by Gasteiger charge is 2.17. The minimum atomic E-state index is 0.193. The highest BCUT2D eigenvalue weighted by molar-refractivity contribution is 8.77. The van der Waals surface area contributed by atoms with E-state index in [1.165, 1.54) is 25.0 Å². The van der Waals surface area contributed by atoms with Gasteiger partial charge >= 0.3 is 0 Å². The Hall–Kier alpha value is 0.130. The molecule has 2 atom stereocenters. The van der Waals surface area contributed by atoms with Gasteiger partial charge in [0.05, 0.1) is 6.10 Å². The Morgan fingerprint density at radius 1 is 1.33 bits per heavy atom. The van der Waals surface area contributed by atoms with Gasteiger partial charge < -0.3 is 10.1 Å². The molecule has 5 heteroatoms. The van der Waals surface area contributed by atoms with E-state index in [1.54, 1.807) is 0 Å². The van der Waals surface area contributed by atoms with Gasteiger partial charge in [0.15, 0.2) is 0 Å². The van der Waals surface area contributed by atoms with Crippen molar-refractivity contribution in [2.45, 2.75) is 56.3 Å². The van der Waals surface area contributed by atoms with Crippen LogP contribution < -0.4 is 5.32 Å². The van der Waals surface area contributed by atoms with Crippen molar-refractivity contribution in [1.29, 1.82) is 0 Å². The van der Waals surface area contributed by atoms with Crippen LogP contribution in [0.1, 0.15) is 44.9 Å². The summed E-state index contributed by atoms with van der Waals surface area (Å²) in [6, 6.07) is 0. The van der Waals surface area contributed by atoms with E-state index in [2.05, 4.69) is 5.32 Å². The molecule has 1 amide bonds. The maximum absolute atomic E-state index is 11.6. The van der Waals surface area contributed by atoms with Gasteiger partial charge in [-0.2, -0.15) is 0 Å². The van der Waals surface area contributed by atoms with Crippen LogP contribution in [0.2, 0.25) is 0 Å². The lowest BCUT2D eigenvalue weighted by Gasteiger charge is -2.11. The standard InChI is InChI=1S/C13H23NO2S2/c15-13(14-10-11-4-3-8-16-11)6-2-1-5-12-7-9-17-18-12/h11-12H,1-10H2,(H,14,15). The van der Waals surface area contributed by atoms with Crippen LogP contribution in [0.3, 0.4) is 0 Å². The van der Waals surface area contributed by atoms with E-state index >= 15 is 0 Å². The molecule has 2 rings (SSSR count). The quantitative estimate of drug-likeness (QED) is 0.577. The highest BCUT2D eigenvalue weighted by Crippen LogP contribution is 2.39. The number of hydrogen-bond acceptors (Lipinski definition) is 4. The summed E-state index contributed by atoms with van der Waals surface area (Å²) in [4.78, 5) is 11.6. The largest absolute Gasteiger partial charge is 0.376 e. The van der Waals surface area contributed by atoms with Gasteiger partial charge in [-0.25, -0.2) is 0 Å². The van der Waals surface area contributed by atoms with Gasteiger partial charge in [0, 0.05) is 30.6 Å². The summed E-state index contributed by atoms with van der Waals surface area (Å²) in [5.41, 5.74) is 0. The Kier molecular flexibility index (Phi) is 6.73. The van der Waals surface area contributed by atoms with Crippen molar-refractivity contribution < 1.29 is 9.53 Å². The van der Waals surface area contributed by atoms with Crippen molar-refractivity contribution in [3.05, 3.63) is 0 Å². The minimum absolute atomic E-state index is 0.193. The number of amides is 1. The van der Waals surface area contributed by atoms with E-state index in [9.17, 15) is 4.79 Å². The Morgan fingerprint density at radius 3 is 3.00 bits per heavy atom. The summed E-state index contributed by atoms with van der Waals surface area (Å²) in [6.45, 7) is 1.56. The highest BCUT2D eigenvalue weighted by atomic mass is 33.1. The van der Waals surface area contributed by atoms with Crippen molar-refractivity contribution in [2.24, 2.45) is 0 Å². The zero-order valence-corrected chi connectivity index (χ0v) is 12.5. The molecule has 0 saturated carbocycles. The van der Waals surface area contributed by atoms with Crippen molar-refractivity contribution in [2.75, 3.05) is 18.9 Å². The SMILES string of the molecule is O=C(CCCCC1CCSS1)NCC1CCCO1. The molecule has 2 heterocycles. The topological polar surface area (TPSA) is 38.3 Å². The lowest BCUT2D eigenvalue weighted by atomic mass is 10.1. The third kappa shape index (κ3) is 5.41. The second-order valence-electron chi connectivity index (χ2n) is 5.01. The van der Waals surface area contributed by atoms with Gasteiger partial charge in [-0.1, -0.05) is 28.0 Å². The second-order valence-corrected chi connectivity index (χ2v) is 7.80. The molecule has 18 heavy (non-hydrogen) atoms. The molecule has 0 radical (unpaired) electrons. The van der Waals surface area contributed by atoms with Gasteiger partial charge in [0.2, 0.25) is 5.91 Å². The van der Waals surface area contributed by atoms with Crippen LogP contribution in [0.15, 0.2) is 0 Å². The van der Waals surface area contributed by atoms with Crippen LogP contribution in [0.5, 0.6) is 0 Å². The Balaban J connectivity index is 1.44. The first-order valence-corrected chi connectivity index (χ1v) is 9.39. The normalized spacial score (nSPS) is 27.6. The van der Waals surface area contributed by atoms with Gasteiger partial charge in [-0.15, -0.1) is 0 Å². The molecule has 2 unspecified atom stereocenters. The second kappa shape index (κ2) is 8.33. The molecule has 2 aliphatic rings. The molecule has 104 valence electrons. The lowest BCUT2D eigenvalue weighted by molar-refractivity contribution is -0.121. The molecule has 0 bridgehead atoms. The van der Waals surface area contributed by atoms with Crippen molar-refractivity contribution >= 4 is 27.5 Å². The number of nitrogens with one attached hydrogen (secondary N) is 1. The first-order valence-electron chi connectivity index (χ1n) is 7.01. The first kappa shape index (κ1) is 14.5. The third-order valence-corrected chi connectivity index (χ3v) is 6.46. The van der Waals surface area contributed by atoms with Gasteiger partial charge in [0.1, 0.15) is 0 Å². The Morgan fingerprint density at radius 2 is 2.28 bits per heavy atom. The number of carbonyl (C=O) groups excluding carboxylic acids is 1. The lowest BCUT2D eigenvalue weighted by Crippen LogP contribution is -2.31. The predicted molar refractivity (Wildman–Crippen MR) is 78.9 cm³/mol. The van der Waals surface area contributed by atoms with E-state index in [4.69, 9.17) is 4.74 Å². The van der Waals surface area contributed by atoms with Gasteiger partial charge in [-0.3, -0.25) is 4.79 Å². The third-order valence-electron chi connectivity index (χ3n) is 3.46. The van der Waals surface area contributed by atoms with Crippen LogP contribution in [0.4, 0.5) is 0 Å². The van der Waals surface area contributed by atoms with Crippen LogP contribution in [-0.4, -0.2) is 36.2 Å². The van der Waals surface area contributed by atoms with Crippen LogP contribution in [-0.2, 0) is 9.53 Å². The van der Waals surface area contributed by atoms with Crippen molar-refractivity contribution in [3.63, 3.8) is 0 Å². The number of unbranched alkanes of at least 4 members (excludes halogenated alkanes) is 1. The van der Waals surface area contributed by atoms with Crippen LogP contribution in [0, 0.1) is 0 Å². The fraction of sp³-hybridized carbons (Fsp3) is 0.923. The number of hydrogen-bond donors (Lipinski definition) is 1. The van der Waals surface area contributed by atoms with Crippen molar-refractivity contribution in [3.8, 4) is 0 Å². The molecule has 0 aromatic heterocycles. The minimum Gasteiger partial charge on any atom is -0.376 e. The van der Waals surface area contributed by atoms with E-state index in [-0.39, 0.29) is 12.0 Å². The molecule has 0 aliphatic carbocycles. The fourth-order valence-corrected chi connectivity index (χ4v) is 5.37. The summed E-state index contributed by atoms with van der Waals surface area (Å²) >= 11 is 0. The summed E-state index contributed by atoms with van der Waals surface area (Å²) in [6.07, 6.45) is 8.01. The number of carbonyl (C=O) groups is 1. The Labute approximate surface area is 118 Å². The number of ether oxygens (including phenoxy) is 1. The summed E-state index contributed by atoms with van der Waals surface area (Å²) in [5, 5.41) is 3.82. The predicted octanol–water partition coefficient (Wildman–Crippen LogP) is 3.00. The monoisotopic (exact) mass is 289 g/mol. The van der Waals surface area contributed by atoms with Crippen LogP contribution in [0.25, 0.3) is 0 Å². The average molecular weight is 289 g/mol.